The standard InChI is InChI=1S/C25H27FN8O3/c1-25(2,3)37-24(35)33-11-8-17(9-12-33)36-21-7-6-20-28-15-19(34(20)32-21)16-13-29-23(30-14-16)31-22-18(26)5-4-10-27-22/h4-7,10,13-15,17H,8-9,11-12H2,1-3H3,(H,27,29,30,31). The number of ether oxygens (including phenoxy) is 2. The van der Waals surface area contributed by atoms with Crippen LogP contribution in [0.3, 0.4) is 0 Å². The average molecular weight is 507 g/mol. The molecule has 1 fully saturated rings. The second-order valence-corrected chi connectivity index (χ2v) is 9.62. The zero-order chi connectivity index (χ0) is 26.0. The van der Waals surface area contributed by atoms with Gasteiger partial charge in [0.1, 0.15) is 11.7 Å². The van der Waals surface area contributed by atoms with Gasteiger partial charge in [0.05, 0.1) is 11.9 Å². The summed E-state index contributed by atoms with van der Waals surface area (Å²) in [6.07, 6.45) is 7.33. The van der Waals surface area contributed by atoms with Crippen molar-refractivity contribution in [1.82, 2.24) is 34.4 Å². The number of imidazole rings is 1. The molecule has 5 heterocycles. The van der Waals surface area contributed by atoms with Crippen molar-refractivity contribution in [3.63, 3.8) is 0 Å². The fourth-order valence-corrected chi connectivity index (χ4v) is 3.88. The van der Waals surface area contributed by atoms with Crippen LogP contribution in [0.1, 0.15) is 33.6 Å². The smallest absolute Gasteiger partial charge is 0.410 e. The second kappa shape index (κ2) is 9.96. The highest BCUT2D eigenvalue weighted by Gasteiger charge is 2.28. The summed E-state index contributed by atoms with van der Waals surface area (Å²) >= 11 is 0. The summed E-state index contributed by atoms with van der Waals surface area (Å²) in [6.45, 7) is 6.67. The number of nitrogens with one attached hydrogen (secondary N) is 1. The topological polar surface area (TPSA) is 120 Å². The van der Waals surface area contributed by atoms with Crippen molar-refractivity contribution in [3.8, 4) is 17.1 Å². The molecule has 0 saturated carbocycles. The van der Waals surface area contributed by atoms with Gasteiger partial charge in [0.25, 0.3) is 0 Å². The summed E-state index contributed by atoms with van der Waals surface area (Å²) in [5.74, 6) is 0.215. The van der Waals surface area contributed by atoms with Gasteiger partial charge in [-0.3, -0.25) is 0 Å². The molecule has 192 valence electrons. The largest absolute Gasteiger partial charge is 0.473 e. The van der Waals surface area contributed by atoms with Crippen molar-refractivity contribution >= 4 is 23.5 Å². The van der Waals surface area contributed by atoms with Crippen LogP contribution in [0.4, 0.5) is 21.0 Å². The molecule has 0 aromatic carbocycles. The second-order valence-electron chi connectivity index (χ2n) is 9.62. The summed E-state index contributed by atoms with van der Waals surface area (Å²) in [6, 6.07) is 6.41. The highest BCUT2D eigenvalue weighted by molar-refractivity contribution is 5.68. The third-order valence-electron chi connectivity index (χ3n) is 5.66. The molecule has 4 aromatic rings. The van der Waals surface area contributed by atoms with E-state index in [9.17, 15) is 9.18 Å². The molecule has 1 aliphatic rings. The molecule has 1 aliphatic heterocycles. The normalized spacial score (nSPS) is 14.5. The summed E-state index contributed by atoms with van der Waals surface area (Å²) < 4.78 is 27.1. The first-order chi connectivity index (χ1) is 17.7. The maximum absolute atomic E-state index is 13.8. The Hall–Kier alpha value is -4.35. The molecule has 1 N–H and O–H groups in total. The molecule has 12 heteroatoms. The minimum absolute atomic E-state index is 0.0467. The lowest BCUT2D eigenvalue weighted by Crippen LogP contribution is -2.44. The third kappa shape index (κ3) is 5.74. The van der Waals surface area contributed by atoms with Gasteiger partial charge in [0.2, 0.25) is 11.8 Å². The SMILES string of the molecule is CC(C)(C)OC(=O)N1CCC(Oc2ccc3ncc(-c4cnc(Nc5ncccc5F)nc4)n3n2)CC1. The number of aromatic nitrogens is 6. The van der Waals surface area contributed by atoms with Gasteiger partial charge < -0.3 is 19.7 Å². The molecule has 37 heavy (non-hydrogen) atoms. The molecule has 0 atom stereocenters. The number of anilines is 2. The molecule has 0 unspecified atom stereocenters. The number of pyridine rings is 1. The average Bonchev–Trinajstić information content (AvgIpc) is 3.29. The molecule has 0 aliphatic carbocycles. The van der Waals surface area contributed by atoms with Crippen LogP contribution in [-0.2, 0) is 4.74 Å². The van der Waals surface area contributed by atoms with E-state index in [1.807, 2.05) is 26.8 Å². The molecular formula is C25H27FN8O3. The quantitative estimate of drug-likeness (QED) is 0.424. The van der Waals surface area contributed by atoms with Gasteiger partial charge in [0, 0.05) is 56.2 Å². The van der Waals surface area contributed by atoms with Gasteiger partial charge in [-0.05, 0) is 39.0 Å². The number of fused-ring (bicyclic) bond motifs is 1. The van der Waals surface area contributed by atoms with Crippen molar-refractivity contribution in [2.75, 3.05) is 18.4 Å². The number of halogens is 1. The Labute approximate surface area is 212 Å². The Bertz CT molecular complexity index is 1400. The van der Waals surface area contributed by atoms with Crippen LogP contribution in [0.25, 0.3) is 16.9 Å². The van der Waals surface area contributed by atoms with Gasteiger partial charge >= 0.3 is 6.09 Å². The molecule has 0 bridgehead atoms. The number of hydrogen-bond acceptors (Lipinski definition) is 9. The fraction of sp³-hybridized carbons (Fsp3) is 0.360. The molecule has 1 amide bonds. The minimum Gasteiger partial charge on any atom is -0.473 e. The van der Waals surface area contributed by atoms with E-state index in [0.717, 1.165) is 0 Å². The van der Waals surface area contributed by atoms with E-state index in [0.29, 0.717) is 48.7 Å². The van der Waals surface area contributed by atoms with Crippen LogP contribution in [0.15, 0.2) is 49.1 Å². The van der Waals surface area contributed by atoms with Crippen LogP contribution >= 0.6 is 0 Å². The van der Waals surface area contributed by atoms with Gasteiger partial charge in [-0.2, -0.15) is 0 Å². The van der Waals surface area contributed by atoms with Gasteiger partial charge in [-0.15, -0.1) is 5.10 Å². The Morgan fingerprint density at radius 2 is 1.81 bits per heavy atom. The highest BCUT2D eigenvalue weighted by atomic mass is 19.1. The lowest BCUT2D eigenvalue weighted by molar-refractivity contribution is 0.0122. The predicted octanol–water partition coefficient (Wildman–Crippen LogP) is 4.24. The molecule has 4 aromatic heterocycles. The van der Waals surface area contributed by atoms with E-state index >= 15 is 0 Å². The number of carbonyl (C=O) groups is 1. The van der Waals surface area contributed by atoms with Crippen LogP contribution in [0, 0.1) is 5.82 Å². The van der Waals surface area contributed by atoms with E-state index in [1.54, 1.807) is 34.1 Å². The molecule has 0 spiro atoms. The first-order valence-corrected chi connectivity index (χ1v) is 11.9. The molecule has 11 nitrogen and oxygen atoms in total. The highest BCUT2D eigenvalue weighted by Crippen LogP contribution is 2.24. The van der Waals surface area contributed by atoms with Crippen molar-refractivity contribution in [2.24, 2.45) is 0 Å². The Morgan fingerprint density at radius 3 is 2.51 bits per heavy atom. The molecule has 0 radical (unpaired) electrons. The third-order valence-corrected chi connectivity index (χ3v) is 5.66. The van der Waals surface area contributed by atoms with E-state index < -0.39 is 11.4 Å². The Morgan fingerprint density at radius 1 is 1.05 bits per heavy atom. The van der Waals surface area contributed by atoms with Crippen LogP contribution < -0.4 is 10.1 Å². The molecular weight excluding hydrogens is 479 g/mol. The maximum atomic E-state index is 13.8. The monoisotopic (exact) mass is 506 g/mol. The summed E-state index contributed by atoms with van der Waals surface area (Å²) in [5.41, 5.74) is 1.47. The van der Waals surface area contributed by atoms with Crippen molar-refractivity contribution in [2.45, 2.75) is 45.3 Å². The number of carbonyl (C=O) groups excluding carboxylic acids is 1. The Balaban J connectivity index is 1.25. The lowest BCUT2D eigenvalue weighted by atomic mass is 10.1. The summed E-state index contributed by atoms with van der Waals surface area (Å²) in [7, 11) is 0. The molecule has 1 saturated heterocycles. The van der Waals surface area contributed by atoms with Gasteiger partial charge in [0.15, 0.2) is 17.3 Å². The number of likely N-dealkylation sites (tertiary alicyclic amines) is 1. The maximum Gasteiger partial charge on any atom is 0.410 e. The summed E-state index contributed by atoms with van der Waals surface area (Å²) in [5, 5.41) is 7.36. The van der Waals surface area contributed by atoms with Gasteiger partial charge in [-0.1, -0.05) is 0 Å². The van der Waals surface area contributed by atoms with Crippen molar-refractivity contribution < 1.29 is 18.7 Å². The van der Waals surface area contributed by atoms with E-state index in [4.69, 9.17) is 9.47 Å². The number of amides is 1. The zero-order valence-electron chi connectivity index (χ0n) is 20.8. The number of piperidine rings is 1. The van der Waals surface area contributed by atoms with Crippen LogP contribution in [-0.4, -0.2) is 65.3 Å². The predicted molar refractivity (Wildman–Crippen MR) is 133 cm³/mol. The van der Waals surface area contributed by atoms with Crippen LogP contribution in [0.2, 0.25) is 0 Å². The number of nitrogens with zero attached hydrogens (tertiary/aromatic N) is 7. The van der Waals surface area contributed by atoms with E-state index in [1.165, 1.54) is 18.3 Å². The number of rotatable bonds is 5. The van der Waals surface area contributed by atoms with E-state index in [-0.39, 0.29) is 24.0 Å². The first-order valence-electron chi connectivity index (χ1n) is 11.9. The summed E-state index contributed by atoms with van der Waals surface area (Å²) in [4.78, 5) is 30.9. The van der Waals surface area contributed by atoms with Gasteiger partial charge in [-0.25, -0.2) is 33.6 Å². The zero-order valence-corrected chi connectivity index (χ0v) is 20.8. The number of hydrogen-bond donors (Lipinski definition) is 1. The Kier molecular flexibility index (Phi) is 6.55. The van der Waals surface area contributed by atoms with Crippen LogP contribution in [0.5, 0.6) is 5.88 Å². The van der Waals surface area contributed by atoms with E-state index in [2.05, 4.69) is 30.4 Å². The fourth-order valence-electron chi connectivity index (χ4n) is 3.88. The van der Waals surface area contributed by atoms with Crippen molar-refractivity contribution in [3.05, 3.63) is 54.9 Å². The minimum atomic E-state index is -0.523. The first kappa shape index (κ1) is 24.3. The molecule has 5 rings (SSSR count). The lowest BCUT2D eigenvalue weighted by Gasteiger charge is -2.33. The van der Waals surface area contributed by atoms with Crippen molar-refractivity contribution in [1.29, 1.82) is 0 Å².